The molecule has 1 fully saturated rings. The number of nitrogen functional groups attached to an aromatic ring is 1. The van der Waals surface area contributed by atoms with Gasteiger partial charge in [0, 0.05) is 13.0 Å². The lowest BCUT2D eigenvalue weighted by Gasteiger charge is -2.21. The summed E-state index contributed by atoms with van der Waals surface area (Å²) in [7, 11) is 0. The van der Waals surface area contributed by atoms with Crippen LogP contribution in [0.5, 0.6) is 0 Å². The minimum atomic E-state index is -0.751. The quantitative estimate of drug-likeness (QED) is 0.654. The highest BCUT2D eigenvalue weighted by molar-refractivity contribution is 7.12. The minimum absolute atomic E-state index is 0.115. The van der Waals surface area contributed by atoms with Gasteiger partial charge in [-0.2, -0.15) is 0 Å². The molecular weight excluding hydrogens is 242 g/mol. The Morgan fingerprint density at radius 3 is 2.76 bits per heavy atom. The average Bonchev–Trinajstić information content (AvgIpc) is 2.83. The lowest BCUT2D eigenvalue weighted by Crippen LogP contribution is -2.43. The lowest BCUT2D eigenvalue weighted by atomic mass is 10.2. The second kappa shape index (κ2) is 4.34. The fourth-order valence-electron chi connectivity index (χ4n) is 1.93. The molecule has 0 aliphatic carbocycles. The molecule has 1 aromatic rings. The molecular formula is C10H13N3O3S. The third-order valence-corrected chi connectivity index (χ3v) is 3.68. The van der Waals surface area contributed by atoms with Crippen molar-refractivity contribution in [2.75, 3.05) is 12.3 Å². The summed E-state index contributed by atoms with van der Waals surface area (Å²) in [6.07, 6.45) is -0.524. The number of nitrogens with zero attached hydrogens (tertiary/aromatic N) is 1. The molecule has 6 nitrogen and oxygen atoms in total. The molecule has 2 rings (SSSR count). The van der Waals surface area contributed by atoms with E-state index in [4.69, 9.17) is 11.5 Å². The Bertz CT molecular complexity index is 459. The molecule has 7 heteroatoms. The number of aliphatic hydroxyl groups excluding tert-OH is 1. The molecule has 2 heterocycles. The van der Waals surface area contributed by atoms with Crippen LogP contribution < -0.4 is 11.5 Å². The van der Waals surface area contributed by atoms with Crippen molar-refractivity contribution in [1.82, 2.24) is 4.90 Å². The zero-order chi connectivity index (χ0) is 12.6. The van der Waals surface area contributed by atoms with Crippen LogP contribution in [0, 0.1) is 0 Å². The average molecular weight is 255 g/mol. The summed E-state index contributed by atoms with van der Waals surface area (Å²) in [5, 5.41) is 11.2. The van der Waals surface area contributed by atoms with Gasteiger partial charge in [0.2, 0.25) is 5.91 Å². The van der Waals surface area contributed by atoms with Crippen molar-refractivity contribution in [3.8, 4) is 0 Å². The summed E-state index contributed by atoms with van der Waals surface area (Å²) < 4.78 is 0. The van der Waals surface area contributed by atoms with Crippen LogP contribution >= 0.6 is 11.3 Å². The Labute approximate surface area is 102 Å². The van der Waals surface area contributed by atoms with Crippen molar-refractivity contribution in [3.05, 3.63) is 16.3 Å². The second-order valence-corrected chi connectivity index (χ2v) is 4.89. The van der Waals surface area contributed by atoms with E-state index >= 15 is 0 Å². The maximum absolute atomic E-state index is 12.1. The number of likely N-dealkylation sites (tertiary alicyclic amines) is 1. The van der Waals surface area contributed by atoms with E-state index in [1.54, 1.807) is 11.4 Å². The molecule has 0 spiro atoms. The van der Waals surface area contributed by atoms with Gasteiger partial charge in [0.15, 0.2) is 0 Å². The summed E-state index contributed by atoms with van der Waals surface area (Å²) >= 11 is 1.21. The Morgan fingerprint density at radius 2 is 2.24 bits per heavy atom. The minimum Gasteiger partial charge on any atom is -0.397 e. The summed E-state index contributed by atoms with van der Waals surface area (Å²) in [6, 6.07) is 0.878. The first-order chi connectivity index (χ1) is 8.00. The zero-order valence-corrected chi connectivity index (χ0v) is 9.81. The van der Waals surface area contributed by atoms with Crippen molar-refractivity contribution in [1.29, 1.82) is 0 Å². The van der Waals surface area contributed by atoms with E-state index in [0.717, 1.165) is 0 Å². The molecule has 5 N–H and O–H groups in total. The number of carbonyl (C=O) groups is 2. The summed E-state index contributed by atoms with van der Waals surface area (Å²) in [5.74, 6) is -0.956. The Balaban J connectivity index is 2.25. The maximum Gasteiger partial charge on any atom is 0.266 e. The van der Waals surface area contributed by atoms with E-state index in [9.17, 15) is 14.7 Å². The van der Waals surface area contributed by atoms with Crippen molar-refractivity contribution in [2.45, 2.75) is 18.6 Å². The maximum atomic E-state index is 12.1. The van der Waals surface area contributed by atoms with Crippen molar-refractivity contribution < 1.29 is 14.7 Å². The molecule has 92 valence electrons. The van der Waals surface area contributed by atoms with Gasteiger partial charge in [-0.1, -0.05) is 0 Å². The number of aliphatic hydroxyl groups is 1. The number of hydrogen-bond donors (Lipinski definition) is 3. The Morgan fingerprint density at radius 1 is 1.53 bits per heavy atom. The van der Waals surface area contributed by atoms with Gasteiger partial charge in [0.25, 0.3) is 5.91 Å². The van der Waals surface area contributed by atoms with Gasteiger partial charge in [0.05, 0.1) is 11.8 Å². The van der Waals surface area contributed by atoms with Gasteiger partial charge < -0.3 is 21.5 Å². The third kappa shape index (κ3) is 2.11. The topological polar surface area (TPSA) is 110 Å². The molecule has 0 aromatic carbocycles. The first-order valence-electron chi connectivity index (χ1n) is 5.12. The molecule has 2 atom stereocenters. The van der Waals surface area contributed by atoms with Crippen LogP contribution in [0.3, 0.4) is 0 Å². The number of hydrogen-bond acceptors (Lipinski definition) is 5. The normalized spacial score (nSPS) is 23.9. The van der Waals surface area contributed by atoms with E-state index in [-0.39, 0.29) is 18.9 Å². The molecule has 2 unspecified atom stereocenters. The lowest BCUT2D eigenvalue weighted by molar-refractivity contribution is -0.121. The first kappa shape index (κ1) is 11.9. The SMILES string of the molecule is NC(=O)C1CC(O)CN1C(=O)c1sccc1N. The smallest absolute Gasteiger partial charge is 0.266 e. The van der Waals surface area contributed by atoms with E-state index in [2.05, 4.69) is 0 Å². The molecule has 17 heavy (non-hydrogen) atoms. The largest absolute Gasteiger partial charge is 0.397 e. The number of rotatable bonds is 2. The highest BCUT2D eigenvalue weighted by Gasteiger charge is 2.38. The fraction of sp³-hybridized carbons (Fsp3) is 0.400. The van der Waals surface area contributed by atoms with Crippen LogP contribution in [0.2, 0.25) is 0 Å². The summed E-state index contributed by atoms with van der Waals surface area (Å²) in [5.41, 5.74) is 11.2. The molecule has 1 aliphatic heterocycles. The van der Waals surface area contributed by atoms with Crippen LogP contribution in [0.25, 0.3) is 0 Å². The van der Waals surface area contributed by atoms with Crippen LogP contribution in [0.1, 0.15) is 16.1 Å². The number of nitrogens with two attached hydrogens (primary N) is 2. The van der Waals surface area contributed by atoms with E-state index in [0.29, 0.717) is 10.6 Å². The van der Waals surface area contributed by atoms with Crippen LogP contribution in [0.15, 0.2) is 11.4 Å². The number of β-amino-alcohol motifs (C(OH)–C–C–N with tert-alkyl or cyclic N) is 1. The predicted octanol–water partition coefficient (Wildman–Crippen LogP) is -0.609. The number of amides is 2. The van der Waals surface area contributed by atoms with Gasteiger partial charge in [-0.15, -0.1) is 11.3 Å². The van der Waals surface area contributed by atoms with Gasteiger partial charge in [-0.3, -0.25) is 9.59 Å². The standard InChI is InChI=1S/C10H13N3O3S/c11-6-1-2-17-8(6)10(16)13-4-5(14)3-7(13)9(12)15/h1-2,5,7,14H,3-4,11H2,(H2,12,15). The van der Waals surface area contributed by atoms with Gasteiger partial charge in [0.1, 0.15) is 10.9 Å². The monoisotopic (exact) mass is 255 g/mol. The van der Waals surface area contributed by atoms with Crippen LogP contribution in [-0.4, -0.2) is 40.5 Å². The number of primary amides is 1. The van der Waals surface area contributed by atoms with Crippen molar-refractivity contribution in [3.63, 3.8) is 0 Å². The molecule has 0 saturated carbocycles. The second-order valence-electron chi connectivity index (χ2n) is 3.97. The Hall–Kier alpha value is -1.60. The van der Waals surface area contributed by atoms with Crippen LogP contribution in [0.4, 0.5) is 5.69 Å². The molecule has 2 amide bonds. The van der Waals surface area contributed by atoms with E-state index < -0.39 is 18.1 Å². The van der Waals surface area contributed by atoms with Gasteiger partial charge in [-0.25, -0.2) is 0 Å². The van der Waals surface area contributed by atoms with Crippen molar-refractivity contribution in [2.24, 2.45) is 5.73 Å². The number of anilines is 1. The van der Waals surface area contributed by atoms with E-state index in [1.807, 2.05) is 0 Å². The molecule has 1 aliphatic rings. The highest BCUT2D eigenvalue weighted by Crippen LogP contribution is 2.26. The number of carbonyl (C=O) groups excluding carboxylic acids is 2. The Kier molecular flexibility index (Phi) is 3.03. The first-order valence-corrected chi connectivity index (χ1v) is 6.00. The third-order valence-electron chi connectivity index (χ3n) is 2.76. The summed E-state index contributed by atoms with van der Waals surface area (Å²) in [6.45, 7) is 0.115. The molecule has 1 saturated heterocycles. The zero-order valence-electron chi connectivity index (χ0n) is 9.00. The molecule has 0 radical (unpaired) electrons. The van der Waals surface area contributed by atoms with Crippen LogP contribution in [-0.2, 0) is 4.79 Å². The molecule has 0 bridgehead atoms. The highest BCUT2D eigenvalue weighted by atomic mass is 32.1. The van der Waals surface area contributed by atoms with Gasteiger partial charge >= 0.3 is 0 Å². The molecule has 1 aromatic heterocycles. The number of thiophene rings is 1. The summed E-state index contributed by atoms with van der Waals surface area (Å²) in [4.78, 5) is 25.0. The predicted molar refractivity (Wildman–Crippen MR) is 63.4 cm³/mol. The van der Waals surface area contributed by atoms with E-state index in [1.165, 1.54) is 16.2 Å². The van der Waals surface area contributed by atoms with Crippen molar-refractivity contribution >= 4 is 28.8 Å². The fourth-order valence-corrected chi connectivity index (χ4v) is 2.70. The van der Waals surface area contributed by atoms with Gasteiger partial charge in [-0.05, 0) is 11.4 Å².